The van der Waals surface area contributed by atoms with Crippen LogP contribution in [-0.4, -0.2) is 37.2 Å². The number of esters is 3. The van der Waals surface area contributed by atoms with Crippen LogP contribution in [0.5, 0.6) is 0 Å². The van der Waals surface area contributed by atoms with Gasteiger partial charge in [-0.2, -0.15) is 0 Å². The minimum absolute atomic E-state index is 0.122. The van der Waals surface area contributed by atoms with Gasteiger partial charge in [0.2, 0.25) is 0 Å². The highest BCUT2D eigenvalue weighted by atomic mass is 16.6. The monoisotopic (exact) mass is 903 g/mol. The summed E-state index contributed by atoms with van der Waals surface area (Å²) in [6, 6.07) is 0. The van der Waals surface area contributed by atoms with Crippen LogP contribution in [0.4, 0.5) is 0 Å². The van der Waals surface area contributed by atoms with Crippen molar-refractivity contribution in [1.29, 1.82) is 0 Å². The average molecular weight is 903 g/mol. The molecule has 0 saturated carbocycles. The Morgan fingerprint density at radius 3 is 0.908 bits per heavy atom. The van der Waals surface area contributed by atoms with Crippen LogP contribution in [0.25, 0.3) is 0 Å². The van der Waals surface area contributed by atoms with E-state index < -0.39 is 6.10 Å². The second-order valence-electron chi connectivity index (χ2n) is 17.4. The molecule has 0 N–H and O–H groups in total. The molecule has 0 amide bonds. The van der Waals surface area contributed by atoms with Gasteiger partial charge >= 0.3 is 17.9 Å². The van der Waals surface area contributed by atoms with Crippen molar-refractivity contribution in [2.24, 2.45) is 0 Å². The van der Waals surface area contributed by atoms with E-state index in [1.165, 1.54) is 116 Å². The van der Waals surface area contributed by atoms with Crippen LogP contribution in [0.2, 0.25) is 0 Å². The molecule has 0 atom stereocenters. The predicted molar refractivity (Wildman–Crippen MR) is 279 cm³/mol. The molecule has 6 nitrogen and oxygen atoms in total. The van der Waals surface area contributed by atoms with Gasteiger partial charge in [0.15, 0.2) is 6.10 Å². The Morgan fingerprint density at radius 1 is 0.308 bits per heavy atom. The van der Waals surface area contributed by atoms with E-state index in [-0.39, 0.29) is 44.0 Å². The summed E-state index contributed by atoms with van der Waals surface area (Å²) in [5.41, 5.74) is 0. The van der Waals surface area contributed by atoms with Crippen molar-refractivity contribution in [2.45, 2.75) is 245 Å². The van der Waals surface area contributed by atoms with Crippen LogP contribution in [0.15, 0.2) is 97.2 Å². The number of ether oxygens (including phenoxy) is 3. The second kappa shape index (κ2) is 52.9. The topological polar surface area (TPSA) is 78.9 Å². The third-order valence-electron chi connectivity index (χ3n) is 11.1. The van der Waals surface area contributed by atoms with Gasteiger partial charge in [0.05, 0.1) is 0 Å². The fourth-order valence-corrected chi connectivity index (χ4v) is 7.01. The SMILES string of the molecule is CCCCC/C=C\C/C=C\C/C=C\C/C=C\CCCC(=O)OCC(COC(=O)CCC/C=C\C/C=C\C/C=C\C/C=C\CCCCC)OC(=O)CCCCCCCCCCCCCCC. The second-order valence-corrected chi connectivity index (χ2v) is 17.4. The molecule has 0 unspecified atom stereocenters. The molecule has 0 radical (unpaired) electrons. The average Bonchev–Trinajstić information content (AvgIpc) is 3.30. The van der Waals surface area contributed by atoms with E-state index in [0.29, 0.717) is 19.3 Å². The van der Waals surface area contributed by atoms with Crippen LogP contribution in [0.1, 0.15) is 239 Å². The third kappa shape index (κ3) is 51.2. The maximum Gasteiger partial charge on any atom is 0.306 e. The Labute approximate surface area is 400 Å². The molecule has 0 aliphatic rings. The summed E-state index contributed by atoms with van der Waals surface area (Å²) < 4.78 is 16.7. The summed E-state index contributed by atoms with van der Waals surface area (Å²) in [6.45, 7) is 6.48. The number of allylic oxidation sites excluding steroid dienone is 16. The Morgan fingerprint density at radius 2 is 0.569 bits per heavy atom. The van der Waals surface area contributed by atoms with Crippen LogP contribution in [0.3, 0.4) is 0 Å². The number of carbonyl (C=O) groups is 3. The summed E-state index contributed by atoms with van der Waals surface area (Å²) in [7, 11) is 0. The van der Waals surface area contributed by atoms with E-state index >= 15 is 0 Å². The van der Waals surface area contributed by atoms with Crippen LogP contribution in [-0.2, 0) is 28.6 Å². The summed E-state index contributed by atoms with van der Waals surface area (Å²) >= 11 is 0. The summed E-state index contributed by atoms with van der Waals surface area (Å²) in [5.74, 6) is -1.03. The van der Waals surface area contributed by atoms with Crippen molar-refractivity contribution >= 4 is 17.9 Å². The molecule has 65 heavy (non-hydrogen) atoms. The maximum absolute atomic E-state index is 12.8. The van der Waals surface area contributed by atoms with Crippen molar-refractivity contribution in [3.05, 3.63) is 97.2 Å². The van der Waals surface area contributed by atoms with Crippen molar-refractivity contribution in [3.8, 4) is 0 Å². The smallest absolute Gasteiger partial charge is 0.306 e. The molecule has 0 aliphatic carbocycles. The Balaban J connectivity index is 4.55. The normalized spacial score (nSPS) is 12.4. The van der Waals surface area contributed by atoms with Gasteiger partial charge in [-0.05, 0) is 96.3 Å². The quantitative estimate of drug-likeness (QED) is 0.0262. The molecule has 0 aromatic carbocycles. The lowest BCUT2D eigenvalue weighted by atomic mass is 10.0. The zero-order chi connectivity index (χ0) is 47.2. The molecule has 0 saturated heterocycles. The molecule has 0 fully saturated rings. The molecular weight excluding hydrogens is 805 g/mol. The van der Waals surface area contributed by atoms with E-state index in [0.717, 1.165) is 70.6 Å². The number of hydrogen-bond acceptors (Lipinski definition) is 6. The fraction of sp³-hybridized carbons (Fsp3) is 0.678. The van der Waals surface area contributed by atoms with Crippen molar-refractivity contribution in [3.63, 3.8) is 0 Å². The minimum atomic E-state index is -0.820. The number of hydrogen-bond donors (Lipinski definition) is 0. The van der Waals surface area contributed by atoms with Gasteiger partial charge < -0.3 is 14.2 Å². The molecular formula is C59H98O6. The van der Waals surface area contributed by atoms with Gasteiger partial charge in [-0.3, -0.25) is 14.4 Å². The number of carbonyl (C=O) groups excluding carboxylic acids is 3. The van der Waals surface area contributed by atoms with E-state index in [1.807, 2.05) is 0 Å². The summed E-state index contributed by atoms with van der Waals surface area (Å²) in [4.78, 5) is 38.0. The van der Waals surface area contributed by atoms with Gasteiger partial charge in [-0.25, -0.2) is 0 Å². The van der Waals surface area contributed by atoms with E-state index in [1.54, 1.807) is 0 Å². The molecule has 0 bridgehead atoms. The molecule has 0 aliphatic heterocycles. The minimum Gasteiger partial charge on any atom is -0.462 e. The number of rotatable bonds is 47. The Hall–Kier alpha value is -3.67. The largest absolute Gasteiger partial charge is 0.462 e. The standard InChI is InChI=1S/C59H98O6/c1-4-7-10-13-16-19-22-25-27-29-31-34-36-39-42-45-48-51-57(60)63-54-56(65-59(62)53-50-47-44-41-38-33-24-21-18-15-12-9-6-3)55-64-58(61)52-49-46-43-40-37-35-32-30-28-26-23-20-17-14-11-8-5-2/h16-17,19-20,25-28,31-32,34-35,39-40,42-43,56H,4-15,18,21-24,29-30,33,36-38,41,44-55H2,1-3H3/b19-16-,20-17-,27-25-,28-26-,34-31-,35-32-,42-39-,43-40-. The van der Waals surface area contributed by atoms with Gasteiger partial charge in [0.1, 0.15) is 13.2 Å². The van der Waals surface area contributed by atoms with Crippen LogP contribution < -0.4 is 0 Å². The maximum atomic E-state index is 12.8. The van der Waals surface area contributed by atoms with E-state index in [9.17, 15) is 14.4 Å². The summed E-state index contributed by atoms with van der Waals surface area (Å²) in [6.07, 6.45) is 69.7. The highest BCUT2D eigenvalue weighted by Gasteiger charge is 2.19. The molecule has 370 valence electrons. The first-order chi connectivity index (χ1) is 32.0. The molecule has 0 aromatic rings. The van der Waals surface area contributed by atoms with E-state index in [4.69, 9.17) is 14.2 Å². The lowest BCUT2D eigenvalue weighted by Gasteiger charge is -2.18. The van der Waals surface area contributed by atoms with Gasteiger partial charge in [-0.1, -0.05) is 221 Å². The highest BCUT2D eigenvalue weighted by molar-refractivity contribution is 5.71. The first-order valence-electron chi connectivity index (χ1n) is 26.7. The summed E-state index contributed by atoms with van der Waals surface area (Å²) in [5, 5.41) is 0. The van der Waals surface area contributed by atoms with Gasteiger partial charge in [0, 0.05) is 19.3 Å². The van der Waals surface area contributed by atoms with Crippen molar-refractivity contribution in [1.82, 2.24) is 0 Å². The van der Waals surface area contributed by atoms with Gasteiger partial charge in [0.25, 0.3) is 0 Å². The van der Waals surface area contributed by atoms with Crippen LogP contribution in [0, 0.1) is 0 Å². The third-order valence-corrected chi connectivity index (χ3v) is 11.1. The predicted octanol–water partition coefficient (Wildman–Crippen LogP) is 17.8. The van der Waals surface area contributed by atoms with Crippen molar-refractivity contribution in [2.75, 3.05) is 13.2 Å². The fourth-order valence-electron chi connectivity index (χ4n) is 7.01. The van der Waals surface area contributed by atoms with Crippen molar-refractivity contribution < 1.29 is 28.6 Å². The zero-order valence-electron chi connectivity index (χ0n) is 42.2. The van der Waals surface area contributed by atoms with Crippen LogP contribution >= 0.6 is 0 Å². The lowest BCUT2D eigenvalue weighted by Crippen LogP contribution is -2.30. The number of unbranched alkanes of at least 4 members (excludes halogenated alkanes) is 20. The zero-order valence-corrected chi connectivity index (χ0v) is 42.2. The van der Waals surface area contributed by atoms with Gasteiger partial charge in [-0.15, -0.1) is 0 Å². The lowest BCUT2D eigenvalue weighted by molar-refractivity contribution is -0.167. The molecule has 0 spiro atoms. The first-order valence-corrected chi connectivity index (χ1v) is 26.7. The Bertz CT molecular complexity index is 1240. The van der Waals surface area contributed by atoms with E-state index in [2.05, 4.69) is 118 Å². The molecule has 6 heteroatoms. The molecule has 0 heterocycles. The highest BCUT2D eigenvalue weighted by Crippen LogP contribution is 2.14. The molecule has 0 rings (SSSR count). The Kier molecular flexibility index (Phi) is 50.0. The molecule has 0 aromatic heterocycles. The first kappa shape index (κ1) is 61.3.